The van der Waals surface area contributed by atoms with Crippen LogP contribution in [0.5, 0.6) is 11.5 Å². The minimum atomic E-state index is -3.73. The monoisotopic (exact) mass is 488 g/mol. The topological polar surface area (TPSA) is 85.7 Å². The van der Waals surface area contributed by atoms with Crippen LogP contribution in [0.2, 0.25) is 0 Å². The molecule has 2 bridgehead atoms. The lowest BCUT2D eigenvalue weighted by Crippen LogP contribution is -2.56. The number of ether oxygens (including phenoxy) is 2. The van der Waals surface area contributed by atoms with Gasteiger partial charge in [0.1, 0.15) is 16.4 Å². The maximum Gasteiger partial charge on any atom is 0.244 e. The van der Waals surface area contributed by atoms with Crippen LogP contribution >= 0.6 is 0 Å². The van der Waals surface area contributed by atoms with E-state index in [4.69, 9.17) is 14.6 Å². The molecule has 0 radical (unpaired) electrons. The zero-order valence-corrected chi connectivity index (χ0v) is 21.2. The molecule has 9 heteroatoms. The molecule has 0 amide bonds. The van der Waals surface area contributed by atoms with Crippen molar-refractivity contribution < 1.29 is 17.9 Å². The summed E-state index contributed by atoms with van der Waals surface area (Å²) in [5.41, 5.74) is 2.61. The number of nitrogens with zero attached hydrogens (tertiary/aromatic N) is 3. The van der Waals surface area contributed by atoms with Gasteiger partial charge in [-0.05, 0) is 56.3 Å². The Morgan fingerprint density at radius 2 is 1.91 bits per heavy atom. The highest BCUT2D eigenvalue weighted by Gasteiger charge is 2.42. The van der Waals surface area contributed by atoms with E-state index < -0.39 is 10.0 Å². The van der Waals surface area contributed by atoms with E-state index in [0.717, 1.165) is 25.9 Å². The van der Waals surface area contributed by atoms with Gasteiger partial charge in [0.25, 0.3) is 0 Å². The SMILES string of the molecule is COc1ccc(OC)c(S(=O)(=O)NC[C@H]2C[C@@H]3CCN2C[C@@H]3c2cc(C3CCCC3)nn2C)c1. The van der Waals surface area contributed by atoms with E-state index >= 15 is 0 Å². The van der Waals surface area contributed by atoms with Crippen LogP contribution in [0, 0.1) is 5.92 Å². The molecule has 4 heterocycles. The van der Waals surface area contributed by atoms with Crippen molar-refractivity contribution in [3.05, 3.63) is 35.7 Å². The molecule has 1 aliphatic carbocycles. The lowest BCUT2D eigenvalue weighted by atomic mass is 9.74. The van der Waals surface area contributed by atoms with E-state index in [1.807, 2.05) is 0 Å². The second-order valence-electron chi connectivity index (χ2n) is 10.0. The van der Waals surface area contributed by atoms with Gasteiger partial charge in [-0.25, -0.2) is 13.1 Å². The number of benzene rings is 1. The van der Waals surface area contributed by atoms with E-state index in [0.29, 0.717) is 35.8 Å². The van der Waals surface area contributed by atoms with Gasteiger partial charge >= 0.3 is 0 Å². The van der Waals surface area contributed by atoms with Crippen molar-refractivity contribution in [1.82, 2.24) is 19.4 Å². The Bertz CT molecular complexity index is 1130. The zero-order chi connectivity index (χ0) is 23.9. The van der Waals surface area contributed by atoms with Crippen LogP contribution in [0.4, 0.5) is 0 Å². The fourth-order valence-corrected chi connectivity index (χ4v) is 7.49. The third-order valence-corrected chi connectivity index (χ3v) is 9.58. The average Bonchev–Trinajstić information content (AvgIpc) is 3.52. The number of hydrogen-bond donors (Lipinski definition) is 1. The third-order valence-electron chi connectivity index (χ3n) is 8.14. The fraction of sp³-hybridized carbons (Fsp3) is 0.640. The summed E-state index contributed by atoms with van der Waals surface area (Å²) < 4.78 is 41.7. The molecular weight excluding hydrogens is 452 g/mol. The first-order chi connectivity index (χ1) is 16.4. The molecule has 0 spiro atoms. The molecular formula is C25H36N4O4S. The Kier molecular flexibility index (Phi) is 6.61. The van der Waals surface area contributed by atoms with Crippen molar-refractivity contribution in [3.63, 3.8) is 0 Å². The number of aryl methyl sites for hydroxylation is 1. The van der Waals surface area contributed by atoms with Gasteiger partial charge in [0.05, 0.1) is 19.9 Å². The summed E-state index contributed by atoms with van der Waals surface area (Å²) in [4.78, 5) is 2.57. The van der Waals surface area contributed by atoms with Crippen LogP contribution in [0.3, 0.4) is 0 Å². The predicted molar refractivity (Wildman–Crippen MR) is 130 cm³/mol. The van der Waals surface area contributed by atoms with Crippen LogP contribution in [-0.4, -0.2) is 63.0 Å². The van der Waals surface area contributed by atoms with E-state index in [2.05, 4.69) is 27.4 Å². The van der Waals surface area contributed by atoms with E-state index in [1.165, 1.54) is 57.4 Å². The van der Waals surface area contributed by atoms with Crippen LogP contribution in [0.15, 0.2) is 29.2 Å². The van der Waals surface area contributed by atoms with Gasteiger partial charge in [-0.3, -0.25) is 9.58 Å². The molecule has 1 unspecified atom stereocenters. The molecule has 4 atom stereocenters. The molecule has 6 rings (SSSR count). The van der Waals surface area contributed by atoms with Crippen molar-refractivity contribution in [3.8, 4) is 11.5 Å². The molecule has 4 aliphatic rings. The summed E-state index contributed by atoms with van der Waals surface area (Å²) >= 11 is 0. The molecule has 1 saturated carbocycles. The first-order valence-corrected chi connectivity index (χ1v) is 13.9. The maximum absolute atomic E-state index is 13.1. The molecule has 3 saturated heterocycles. The molecule has 1 N–H and O–H groups in total. The van der Waals surface area contributed by atoms with E-state index in [9.17, 15) is 8.42 Å². The Labute approximate surface area is 202 Å². The number of hydrogen-bond acceptors (Lipinski definition) is 6. The van der Waals surface area contributed by atoms with Gasteiger partial charge in [0.15, 0.2) is 0 Å². The fourth-order valence-electron chi connectivity index (χ4n) is 6.24. The normalized spacial score (nSPS) is 27.3. The third kappa shape index (κ3) is 4.45. The largest absolute Gasteiger partial charge is 0.497 e. The lowest BCUT2D eigenvalue weighted by molar-refractivity contribution is 0.0306. The first-order valence-electron chi connectivity index (χ1n) is 12.4. The zero-order valence-electron chi connectivity index (χ0n) is 20.4. The van der Waals surface area contributed by atoms with Crippen LogP contribution < -0.4 is 14.2 Å². The van der Waals surface area contributed by atoms with Crippen LogP contribution in [-0.2, 0) is 17.1 Å². The molecule has 8 nitrogen and oxygen atoms in total. The second-order valence-corrected chi connectivity index (χ2v) is 11.7. The number of sulfonamides is 1. The van der Waals surface area contributed by atoms with Gasteiger partial charge in [-0.15, -0.1) is 0 Å². The standard InChI is InChI=1S/C25H36N4O4S/c1-28-23(14-22(27-28)17-6-4-5-7-17)21-16-29-11-10-18(21)12-19(29)15-26-34(30,31)25-13-20(32-2)8-9-24(25)33-3/h8-9,13-14,17-19,21,26H,4-7,10-12,15-16H2,1-3H3/t18-,19+,21-/m0/s1. The van der Waals surface area contributed by atoms with Crippen molar-refractivity contribution >= 4 is 10.0 Å². The number of rotatable bonds is 8. The van der Waals surface area contributed by atoms with Gasteiger partial charge in [-0.1, -0.05) is 12.8 Å². The number of fused-ring (bicyclic) bond motifs is 3. The summed E-state index contributed by atoms with van der Waals surface area (Å²) in [5.74, 6) is 2.44. The first kappa shape index (κ1) is 23.6. The van der Waals surface area contributed by atoms with Gasteiger partial charge in [-0.2, -0.15) is 5.10 Å². The maximum atomic E-state index is 13.1. The highest BCUT2D eigenvalue weighted by Crippen LogP contribution is 2.43. The second kappa shape index (κ2) is 9.51. The lowest BCUT2D eigenvalue weighted by Gasteiger charge is -2.50. The molecule has 1 aromatic carbocycles. The van der Waals surface area contributed by atoms with Crippen molar-refractivity contribution in [2.24, 2.45) is 13.0 Å². The van der Waals surface area contributed by atoms with Crippen LogP contribution in [0.1, 0.15) is 61.7 Å². The Morgan fingerprint density at radius 1 is 1.12 bits per heavy atom. The quantitative estimate of drug-likeness (QED) is 0.614. The Hall–Kier alpha value is -2.10. The molecule has 34 heavy (non-hydrogen) atoms. The van der Waals surface area contributed by atoms with E-state index in [-0.39, 0.29) is 10.9 Å². The van der Waals surface area contributed by atoms with Crippen molar-refractivity contribution in [1.29, 1.82) is 0 Å². The summed E-state index contributed by atoms with van der Waals surface area (Å²) in [6.07, 6.45) is 7.30. The highest BCUT2D eigenvalue weighted by molar-refractivity contribution is 7.89. The van der Waals surface area contributed by atoms with Gasteiger partial charge in [0.2, 0.25) is 10.0 Å². The Morgan fingerprint density at radius 3 is 2.59 bits per heavy atom. The predicted octanol–water partition coefficient (Wildman–Crippen LogP) is 3.25. The average molecular weight is 489 g/mol. The number of nitrogens with one attached hydrogen (secondary N) is 1. The highest BCUT2D eigenvalue weighted by atomic mass is 32.2. The van der Waals surface area contributed by atoms with Gasteiger partial charge in [0, 0.05) is 49.8 Å². The molecule has 2 aromatic rings. The Balaban J connectivity index is 1.26. The molecule has 186 valence electrons. The van der Waals surface area contributed by atoms with Gasteiger partial charge < -0.3 is 9.47 Å². The molecule has 3 aliphatic heterocycles. The smallest absolute Gasteiger partial charge is 0.244 e. The van der Waals surface area contributed by atoms with Crippen molar-refractivity contribution in [2.75, 3.05) is 33.9 Å². The number of aromatic nitrogens is 2. The molecule has 4 fully saturated rings. The number of methoxy groups -OCH3 is 2. The van der Waals surface area contributed by atoms with E-state index in [1.54, 1.807) is 12.1 Å². The number of piperidine rings is 3. The van der Waals surface area contributed by atoms with Crippen LogP contribution in [0.25, 0.3) is 0 Å². The minimum absolute atomic E-state index is 0.109. The van der Waals surface area contributed by atoms with Crippen molar-refractivity contribution in [2.45, 2.75) is 61.3 Å². The summed E-state index contributed by atoms with van der Waals surface area (Å²) in [7, 11) is 1.35. The summed E-state index contributed by atoms with van der Waals surface area (Å²) in [6.45, 7) is 2.37. The molecule has 1 aromatic heterocycles. The summed E-state index contributed by atoms with van der Waals surface area (Å²) in [6, 6.07) is 7.38. The summed E-state index contributed by atoms with van der Waals surface area (Å²) in [5, 5.41) is 4.89. The minimum Gasteiger partial charge on any atom is -0.497 e.